The summed E-state index contributed by atoms with van der Waals surface area (Å²) in [4.78, 5) is 36.7. The lowest BCUT2D eigenvalue weighted by Gasteiger charge is -2.36. The van der Waals surface area contributed by atoms with Gasteiger partial charge >= 0.3 is 5.69 Å². The number of aromatic nitrogens is 4. The summed E-state index contributed by atoms with van der Waals surface area (Å²) in [6.45, 7) is 11.5. The van der Waals surface area contributed by atoms with Gasteiger partial charge in [0.25, 0.3) is 5.91 Å². The van der Waals surface area contributed by atoms with Crippen molar-refractivity contribution in [1.29, 1.82) is 0 Å². The molecular weight excluding hydrogens is 488 g/mol. The molecule has 0 saturated carbocycles. The standard InChI is InChI=1S/C26H32N6O4Si/c1-26(2,3)37(5,6)36-15-16-10-9-11-17(14-16)28-24-29-20(22(27)33)21-23(31-24)32(25(34)30-21)18-12-7-8-13-19(18)35-4/h7-14H,15H2,1-6H3,(H2,27,33)(H,30,34)(H,28,29,31). The number of nitrogens with one attached hydrogen (secondary N) is 2. The van der Waals surface area contributed by atoms with Crippen LogP contribution in [0.4, 0.5) is 11.6 Å². The topological polar surface area (TPSA) is 137 Å². The number of hydrogen-bond acceptors (Lipinski definition) is 7. The molecule has 4 aromatic rings. The minimum Gasteiger partial charge on any atom is -0.495 e. The number of benzene rings is 2. The van der Waals surface area contributed by atoms with E-state index in [2.05, 4.69) is 54.1 Å². The molecule has 4 N–H and O–H groups in total. The van der Waals surface area contributed by atoms with Crippen LogP contribution in [-0.2, 0) is 11.0 Å². The molecule has 0 aliphatic rings. The molecule has 0 aliphatic carbocycles. The molecule has 2 aromatic carbocycles. The molecule has 0 radical (unpaired) electrons. The van der Waals surface area contributed by atoms with Crippen molar-refractivity contribution in [2.24, 2.45) is 5.73 Å². The molecule has 2 heterocycles. The van der Waals surface area contributed by atoms with Gasteiger partial charge in [-0.05, 0) is 48.0 Å². The predicted molar refractivity (Wildman–Crippen MR) is 146 cm³/mol. The van der Waals surface area contributed by atoms with Crippen LogP contribution in [0.1, 0.15) is 36.8 Å². The maximum Gasteiger partial charge on any atom is 0.332 e. The van der Waals surface area contributed by atoms with Gasteiger partial charge < -0.3 is 25.2 Å². The minimum atomic E-state index is -1.92. The number of rotatable bonds is 8. The Morgan fingerprint density at radius 3 is 2.54 bits per heavy atom. The highest BCUT2D eigenvalue weighted by Gasteiger charge is 2.37. The van der Waals surface area contributed by atoms with Crippen LogP contribution in [0.25, 0.3) is 16.9 Å². The zero-order chi connectivity index (χ0) is 27.0. The Balaban J connectivity index is 1.73. The second kappa shape index (κ2) is 9.83. The highest BCUT2D eigenvalue weighted by atomic mass is 28.4. The van der Waals surface area contributed by atoms with Crippen molar-refractivity contribution in [3.63, 3.8) is 0 Å². The minimum absolute atomic E-state index is 0.101. The molecule has 11 heteroatoms. The number of methoxy groups -OCH3 is 1. The Bertz CT molecular complexity index is 1520. The first-order valence-corrected chi connectivity index (χ1v) is 14.8. The third kappa shape index (κ3) is 5.27. The Kier molecular flexibility index (Phi) is 6.94. The number of carbonyl (C=O) groups is 1. The van der Waals surface area contributed by atoms with Gasteiger partial charge in [-0.1, -0.05) is 45.0 Å². The van der Waals surface area contributed by atoms with Gasteiger partial charge in [-0.25, -0.2) is 14.3 Å². The van der Waals surface area contributed by atoms with Gasteiger partial charge in [0.05, 0.1) is 19.4 Å². The molecular formula is C26H32N6O4Si. The number of H-pyrrole nitrogens is 1. The fourth-order valence-corrected chi connectivity index (χ4v) is 4.57. The van der Waals surface area contributed by atoms with Crippen molar-refractivity contribution < 1.29 is 14.0 Å². The summed E-state index contributed by atoms with van der Waals surface area (Å²) >= 11 is 0. The number of hydrogen-bond donors (Lipinski definition) is 3. The highest BCUT2D eigenvalue weighted by Crippen LogP contribution is 2.37. The number of aromatic amines is 1. The van der Waals surface area contributed by atoms with Crippen molar-refractivity contribution in [2.75, 3.05) is 12.4 Å². The second-order valence-corrected chi connectivity index (χ2v) is 15.1. The summed E-state index contributed by atoms with van der Waals surface area (Å²) in [5, 5.41) is 3.24. The molecule has 0 unspecified atom stereocenters. The number of nitrogens with zero attached hydrogens (tertiary/aromatic N) is 3. The van der Waals surface area contributed by atoms with Crippen LogP contribution in [0.2, 0.25) is 18.1 Å². The molecule has 0 aliphatic heterocycles. The van der Waals surface area contributed by atoms with Crippen LogP contribution < -0.4 is 21.5 Å². The summed E-state index contributed by atoms with van der Waals surface area (Å²) in [7, 11) is -0.405. The van der Waals surface area contributed by atoms with Gasteiger partial charge in [-0.15, -0.1) is 0 Å². The number of primary amides is 1. The lowest BCUT2D eigenvalue weighted by atomic mass is 10.2. The molecule has 194 valence electrons. The number of ether oxygens (including phenoxy) is 1. The molecule has 0 atom stereocenters. The molecule has 0 fully saturated rings. The number of anilines is 2. The van der Waals surface area contributed by atoms with Crippen molar-refractivity contribution in [2.45, 2.75) is 45.5 Å². The molecule has 10 nitrogen and oxygen atoms in total. The zero-order valence-electron chi connectivity index (χ0n) is 21.9. The zero-order valence-corrected chi connectivity index (χ0v) is 22.9. The van der Waals surface area contributed by atoms with Gasteiger partial charge in [0.15, 0.2) is 19.7 Å². The van der Waals surface area contributed by atoms with E-state index >= 15 is 0 Å². The third-order valence-electron chi connectivity index (χ3n) is 6.69. The second-order valence-electron chi connectivity index (χ2n) is 10.3. The molecule has 4 rings (SSSR count). The monoisotopic (exact) mass is 520 g/mol. The van der Waals surface area contributed by atoms with Crippen molar-refractivity contribution in [3.8, 4) is 11.4 Å². The molecule has 2 aromatic heterocycles. The molecule has 0 bridgehead atoms. The summed E-state index contributed by atoms with van der Waals surface area (Å²) in [5.74, 6) is -0.208. The Morgan fingerprint density at radius 1 is 1.14 bits per heavy atom. The number of amides is 1. The fourth-order valence-electron chi connectivity index (χ4n) is 3.61. The largest absolute Gasteiger partial charge is 0.495 e. The van der Waals surface area contributed by atoms with E-state index in [1.54, 1.807) is 24.3 Å². The van der Waals surface area contributed by atoms with Crippen LogP contribution in [0.5, 0.6) is 5.75 Å². The average Bonchev–Trinajstić information content (AvgIpc) is 3.17. The van der Waals surface area contributed by atoms with Gasteiger partial charge in [-0.3, -0.25) is 4.79 Å². The summed E-state index contributed by atoms with van der Waals surface area (Å²) < 4.78 is 13.1. The van der Waals surface area contributed by atoms with Crippen molar-refractivity contribution in [1.82, 2.24) is 19.5 Å². The summed E-state index contributed by atoms with van der Waals surface area (Å²) in [6.07, 6.45) is 0. The van der Waals surface area contributed by atoms with E-state index in [4.69, 9.17) is 14.9 Å². The van der Waals surface area contributed by atoms with E-state index in [1.165, 1.54) is 11.7 Å². The van der Waals surface area contributed by atoms with Crippen LogP contribution >= 0.6 is 0 Å². The summed E-state index contributed by atoms with van der Waals surface area (Å²) in [5.41, 5.74) is 7.49. The Morgan fingerprint density at radius 2 is 1.86 bits per heavy atom. The number of nitrogens with two attached hydrogens (primary N) is 1. The first-order valence-electron chi connectivity index (χ1n) is 11.9. The average molecular weight is 521 g/mol. The fraction of sp³-hybridized carbons (Fsp3) is 0.308. The van der Waals surface area contributed by atoms with Crippen LogP contribution in [0, 0.1) is 0 Å². The number of fused-ring (bicyclic) bond motifs is 1. The van der Waals surface area contributed by atoms with Crippen LogP contribution in [0.15, 0.2) is 53.3 Å². The smallest absolute Gasteiger partial charge is 0.332 e. The number of carbonyl (C=O) groups excluding carboxylic acids is 1. The number of imidazole rings is 1. The lowest BCUT2D eigenvalue weighted by Crippen LogP contribution is -2.40. The van der Waals surface area contributed by atoms with E-state index in [0.717, 1.165) is 5.56 Å². The van der Waals surface area contributed by atoms with Crippen LogP contribution in [0.3, 0.4) is 0 Å². The van der Waals surface area contributed by atoms with Gasteiger partial charge in [0.2, 0.25) is 5.95 Å². The van der Waals surface area contributed by atoms with Gasteiger partial charge in [0.1, 0.15) is 11.3 Å². The quantitative estimate of drug-likeness (QED) is 0.291. The van der Waals surface area contributed by atoms with Crippen molar-refractivity contribution >= 4 is 37.0 Å². The molecule has 0 spiro atoms. The first kappa shape index (κ1) is 26.1. The maximum atomic E-state index is 12.9. The van der Waals surface area contributed by atoms with E-state index in [1.807, 2.05) is 24.3 Å². The predicted octanol–water partition coefficient (Wildman–Crippen LogP) is 4.48. The van der Waals surface area contributed by atoms with Crippen LogP contribution in [-0.4, -0.2) is 40.9 Å². The van der Waals surface area contributed by atoms with Gasteiger partial charge in [0, 0.05) is 5.69 Å². The van der Waals surface area contributed by atoms with E-state index in [0.29, 0.717) is 23.7 Å². The molecule has 37 heavy (non-hydrogen) atoms. The van der Waals surface area contributed by atoms with E-state index in [9.17, 15) is 9.59 Å². The SMILES string of the molecule is COc1ccccc1-n1c(=O)[nH]c2c(C(N)=O)nc(Nc3cccc(CO[Si](C)(C)C(C)(C)C)c3)nc21. The number of para-hydroxylation sites is 2. The van der Waals surface area contributed by atoms with E-state index in [-0.39, 0.29) is 27.8 Å². The van der Waals surface area contributed by atoms with E-state index < -0.39 is 19.9 Å². The first-order chi connectivity index (χ1) is 17.4. The Labute approximate surface area is 216 Å². The van der Waals surface area contributed by atoms with Crippen molar-refractivity contribution in [3.05, 3.63) is 70.3 Å². The molecule has 0 saturated heterocycles. The maximum absolute atomic E-state index is 12.9. The molecule has 1 amide bonds. The Hall–Kier alpha value is -3.96. The lowest BCUT2D eigenvalue weighted by molar-refractivity contribution is 0.0997. The highest BCUT2D eigenvalue weighted by molar-refractivity contribution is 6.74. The normalized spacial score (nSPS) is 12.1. The third-order valence-corrected chi connectivity index (χ3v) is 11.2. The summed E-state index contributed by atoms with van der Waals surface area (Å²) in [6, 6.07) is 14.7. The van der Waals surface area contributed by atoms with Gasteiger partial charge in [-0.2, -0.15) is 4.98 Å².